The van der Waals surface area contributed by atoms with Crippen molar-refractivity contribution in [3.05, 3.63) is 15.4 Å². The van der Waals surface area contributed by atoms with Crippen LogP contribution in [0.3, 0.4) is 0 Å². The monoisotopic (exact) mass is 368 g/mol. The Labute approximate surface area is 126 Å². The molecule has 0 bridgehead atoms. The van der Waals surface area contributed by atoms with E-state index in [1.54, 1.807) is 6.07 Å². The first-order valence-electron chi connectivity index (χ1n) is 5.89. The van der Waals surface area contributed by atoms with Crippen LogP contribution in [-0.4, -0.2) is 27.4 Å². The molecule has 0 aliphatic rings. The minimum absolute atomic E-state index is 0.104. The number of thiophene rings is 1. The number of aryl methyl sites for hydroxylation is 1. The molecule has 0 unspecified atom stereocenters. The van der Waals surface area contributed by atoms with E-state index < -0.39 is 10.0 Å². The average molecular weight is 369 g/mol. The predicted molar refractivity (Wildman–Crippen MR) is 79.9 cm³/mol. The molecule has 0 aliphatic carbocycles. The first-order valence-corrected chi connectivity index (χ1v) is 8.98. The first-order chi connectivity index (χ1) is 8.86. The molecule has 19 heavy (non-hydrogen) atoms. The lowest BCUT2D eigenvalue weighted by atomic mass is 10.4. The molecule has 1 aromatic heterocycles. The summed E-state index contributed by atoms with van der Waals surface area (Å²) >= 11 is 4.45. The summed E-state index contributed by atoms with van der Waals surface area (Å²) in [4.78, 5) is 11.3. The van der Waals surface area contributed by atoms with Crippen LogP contribution >= 0.6 is 27.3 Å². The van der Waals surface area contributed by atoms with Gasteiger partial charge < -0.3 is 5.32 Å². The van der Waals surface area contributed by atoms with Gasteiger partial charge in [0.25, 0.3) is 0 Å². The van der Waals surface area contributed by atoms with Crippen LogP contribution in [0.5, 0.6) is 0 Å². The third-order valence-electron chi connectivity index (χ3n) is 2.32. The summed E-state index contributed by atoms with van der Waals surface area (Å²) in [5.41, 5.74) is 0.881. The molecule has 0 aliphatic heterocycles. The molecular weight excluding hydrogens is 352 g/mol. The third-order valence-corrected chi connectivity index (χ3v) is 6.39. The molecule has 5 nitrogen and oxygen atoms in total. The molecular formula is C11H17BrN2O3S2. The van der Waals surface area contributed by atoms with Gasteiger partial charge >= 0.3 is 0 Å². The minimum atomic E-state index is -3.52. The zero-order chi connectivity index (χ0) is 14.5. The van der Waals surface area contributed by atoms with E-state index >= 15 is 0 Å². The molecule has 2 N–H and O–H groups in total. The molecule has 0 atom stereocenters. The normalized spacial score (nSPS) is 11.5. The van der Waals surface area contributed by atoms with Crippen molar-refractivity contribution < 1.29 is 13.2 Å². The summed E-state index contributed by atoms with van der Waals surface area (Å²) in [7, 11) is -3.52. The van der Waals surface area contributed by atoms with Crippen LogP contribution < -0.4 is 10.0 Å². The Hall–Kier alpha value is -0.440. The van der Waals surface area contributed by atoms with Crippen LogP contribution in [0.4, 0.5) is 0 Å². The number of hydrogen-bond acceptors (Lipinski definition) is 4. The van der Waals surface area contributed by atoms with E-state index in [-0.39, 0.29) is 23.1 Å². The van der Waals surface area contributed by atoms with Gasteiger partial charge in [0.15, 0.2) is 0 Å². The molecule has 0 aromatic carbocycles. The maximum Gasteiger partial charge on any atom is 0.250 e. The molecule has 1 heterocycles. The van der Waals surface area contributed by atoms with E-state index in [4.69, 9.17) is 0 Å². The maximum absolute atomic E-state index is 11.9. The van der Waals surface area contributed by atoms with Crippen LogP contribution in [0.15, 0.2) is 14.1 Å². The summed E-state index contributed by atoms with van der Waals surface area (Å²) < 4.78 is 27.4. The Kier molecular flexibility index (Phi) is 6.45. The number of carbonyl (C=O) groups excluding carboxylic acids is 1. The van der Waals surface area contributed by atoms with Crippen LogP contribution in [-0.2, 0) is 14.8 Å². The number of sulfonamides is 1. The van der Waals surface area contributed by atoms with Gasteiger partial charge in [-0.25, -0.2) is 13.1 Å². The van der Waals surface area contributed by atoms with Gasteiger partial charge in [-0.1, -0.05) is 6.92 Å². The van der Waals surface area contributed by atoms with E-state index in [9.17, 15) is 13.2 Å². The van der Waals surface area contributed by atoms with Crippen LogP contribution in [0.2, 0.25) is 0 Å². The van der Waals surface area contributed by atoms with Crippen molar-refractivity contribution in [2.45, 2.75) is 30.9 Å². The van der Waals surface area contributed by atoms with Gasteiger partial charge in [0.1, 0.15) is 4.21 Å². The van der Waals surface area contributed by atoms with Gasteiger partial charge in [0, 0.05) is 19.5 Å². The Morgan fingerprint density at radius 3 is 2.63 bits per heavy atom. The second kappa shape index (κ2) is 7.37. The fourth-order valence-electron chi connectivity index (χ4n) is 1.29. The average Bonchev–Trinajstić information content (AvgIpc) is 2.67. The number of carbonyl (C=O) groups is 1. The smallest absolute Gasteiger partial charge is 0.250 e. The summed E-state index contributed by atoms with van der Waals surface area (Å²) in [6, 6.07) is 1.61. The van der Waals surface area contributed by atoms with Gasteiger partial charge in [0.05, 0.1) is 3.79 Å². The van der Waals surface area contributed by atoms with E-state index in [1.165, 1.54) is 0 Å². The lowest BCUT2D eigenvalue weighted by Crippen LogP contribution is -2.30. The highest BCUT2D eigenvalue weighted by molar-refractivity contribution is 9.11. The summed E-state index contributed by atoms with van der Waals surface area (Å²) in [5.74, 6) is -0.145. The zero-order valence-electron chi connectivity index (χ0n) is 10.8. The molecule has 0 saturated heterocycles. The van der Waals surface area contributed by atoms with E-state index in [1.807, 2.05) is 13.8 Å². The molecule has 0 radical (unpaired) electrons. The minimum Gasteiger partial charge on any atom is -0.356 e. The lowest BCUT2D eigenvalue weighted by molar-refractivity contribution is -0.120. The summed E-state index contributed by atoms with van der Waals surface area (Å²) in [6.07, 6.45) is 1.00. The quantitative estimate of drug-likeness (QED) is 0.772. The number of nitrogens with one attached hydrogen (secondary N) is 2. The van der Waals surface area contributed by atoms with Crippen LogP contribution in [0.25, 0.3) is 0 Å². The zero-order valence-corrected chi connectivity index (χ0v) is 14.0. The highest BCUT2D eigenvalue weighted by atomic mass is 79.9. The van der Waals surface area contributed by atoms with Crippen LogP contribution in [0, 0.1) is 6.92 Å². The third kappa shape index (κ3) is 5.21. The number of halogens is 1. The topological polar surface area (TPSA) is 75.3 Å². The number of rotatable bonds is 7. The van der Waals surface area contributed by atoms with Gasteiger partial charge in [-0.15, -0.1) is 11.3 Å². The molecule has 0 spiro atoms. The van der Waals surface area contributed by atoms with Crippen LogP contribution in [0.1, 0.15) is 25.3 Å². The maximum atomic E-state index is 11.9. The van der Waals surface area contributed by atoms with E-state index in [0.29, 0.717) is 6.54 Å². The molecule has 0 fully saturated rings. The van der Waals surface area contributed by atoms with Gasteiger partial charge in [-0.2, -0.15) is 0 Å². The second-order valence-electron chi connectivity index (χ2n) is 4.02. The van der Waals surface area contributed by atoms with Crippen molar-refractivity contribution in [1.29, 1.82) is 0 Å². The highest BCUT2D eigenvalue weighted by Crippen LogP contribution is 2.30. The molecule has 108 valence electrons. The van der Waals surface area contributed by atoms with Crippen molar-refractivity contribution in [1.82, 2.24) is 10.0 Å². The first kappa shape index (κ1) is 16.6. The predicted octanol–water partition coefficient (Wildman–Crippen LogP) is 2.01. The highest BCUT2D eigenvalue weighted by Gasteiger charge is 2.18. The SMILES string of the molecule is CCCNC(=O)CCNS(=O)(=O)c1cc(C)c(Br)s1. The summed E-state index contributed by atoms with van der Waals surface area (Å²) in [5, 5.41) is 2.69. The standard InChI is InChI=1S/C11H17BrN2O3S2/c1-3-5-13-9(15)4-6-14-19(16,17)10-7-8(2)11(12)18-10/h7,14H,3-6H2,1-2H3,(H,13,15). The van der Waals surface area contributed by atoms with Crippen molar-refractivity contribution in [3.63, 3.8) is 0 Å². The number of hydrogen-bond donors (Lipinski definition) is 2. The Morgan fingerprint density at radius 2 is 2.11 bits per heavy atom. The fourth-order valence-corrected chi connectivity index (χ4v) is 4.59. The molecule has 1 amide bonds. The van der Waals surface area contributed by atoms with Crippen molar-refractivity contribution in [2.24, 2.45) is 0 Å². The lowest BCUT2D eigenvalue weighted by Gasteiger charge is -2.05. The van der Waals surface area contributed by atoms with Gasteiger partial charge in [0.2, 0.25) is 15.9 Å². The Bertz CT molecular complexity index is 521. The Morgan fingerprint density at radius 1 is 1.42 bits per heavy atom. The molecule has 0 saturated carbocycles. The largest absolute Gasteiger partial charge is 0.356 e. The van der Waals surface area contributed by atoms with E-state index in [2.05, 4.69) is 26.0 Å². The van der Waals surface area contributed by atoms with E-state index in [0.717, 1.165) is 27.1 Å². The molecule has 8 heteroatoms. The van der Waals surface area contributed by atoms with Gasteiger partial charge in [-0.05, 0) is 40.9 Å². The van der Waals surface area contributed by atoms with Gasteiger partial charge in [-0.3, -0.25) is 4.79 Å². The van der Waals surface area contributed by atoms with Crippen molar-refractivity contribution in [3.8, 4) is 0 Å². The fraction of sp³-hybridized carbons (Fsp3) is 0.545. The Balaban J connectivity index is 2.50. The summed E-state index contributed by atoms with van der Waals surface area (Å²) in [6.45, 7) is 4.51. The van der Waals surface area contributed by atoms with Crippen molar-refractivity contribution in [2.75, 3.05) is 13.1 Å². The molecule has 1 aromatic rings. The second-order valence-corrected chi connectivity index (χ2v) is 8.38. The number of amides is 1. The van der Waals surface area contributed by atoms with Crippen molar-refractivity contribution >= 4 is 43.2 Å². The molecule has 1 rings (SSSR count).